The van der Waals surface area contributed by atoms with Crippen LogP contribution >= 0.6 is 81.2 Å². The topological polar surface area (TPSA) is 102 Å². The number of nitrogens with one attached hydrogen (secondary N) is 1. The molecule has 0 aromatic heterocycles. The number of amides is 1. The Labute approximate surface area is 331 Å². The first-order valence-electron chi connectivity index (χ1n) is 14.8. The molecule has 4 rings (SSSR count). The van der Waals surface area contributed by atoms with Crippen molar-refractivity contribution in [2.24, 2.45) is 0 Å². The molecule has 0 bridgehead atoms. The number of hydrogen-bond acceptors (Lipinski definition) is 7. The van der Waals surface area contributed by atoms with Crippen molar-refractivity contribution < 1.29 is 28.7 Å². The number of methoxy groups -OCH3 is 2. The number of hydrogen-bond donors (Lipinski definition) is 1. The minimum Gasteiger partial charge on any atom is -0.468 e. The molecular formula is C36H33Cl7N2O6. The molecule has 0 radical (unpaired) electrons. The van der Waals surface area contributed by atoms with Crippen molar-refractivity contribution in [3.63, 3.8) is 0 Å². The molecule has 8 nitrogen and oxygen atoms in total. The Morgan fingerprint density at radius 3 is 1.39 bits per heavy atom. The molecule has 1 amide bonds. The molecule has 0 saturated heterocycles. The van der Waals surface area contributed by atoms with Crippen LogP contribution in [0, 0.1) is 0 Å². The van der Waals surface area contributed by atoms with E-state index in [1.807, 2.05) is 24.3 Å². The van der Waals surface area contributed by atoms with E-state index in [0.717, 1.165) is 16.7 Å². The van der Waals surface area contributed by atoms with E-state index in [1.165, 1.54) is 19.1 Å². The highest BCUT2D eigenvalue weighted by Gasteiger charge is 2.32. The number of halogens is 7. The number of esters is 2. The van der Waals surface area contributed by atoms with E-state index < -0.39 is 23.3 Å². The fourth-order valence-electron chi connectivity index (χ4n) is 4.32. The third-order valence-electron chi connectivity index (χ3n) is 6.79. The average Bonchev–Trinajstić information content (AvgIpc) is 3.14. The molecule has 0 saturated carbocycles. The Morgan fingerprint density at radius 2 is 1.00 bits per heavy atom. The highest BCUT2D eigenvalue weighted by molar-refractivity contribution is 6.67. The SMILES string of the molecule is COC(=O)C(NCc1ccc(Cl)cc1)c1ccc(Cl)cc1.COC(=O)C(c1ccc(Cl)cc1)N(Cc1ccc(Cl)cc1)C(=O)CCl.O=C(Cl)CCl. The lowest BCUT2D eigenvalue weighted by Gasteiger charge is -2.30. The monoisotopic (exact) mass is 834 g/mol. The molecular weight excluding hydrogens is 805 g/mol. The summed E-state index contributed by atoms with van der Waals surface area (Å²) in [5.41, 5.74) is 3.23. The molecule has 1 N–H and O–H groups in total. The van der Waals surface area contributed by atoms with Crippen molar-refractivity contribution in [1.29, 1.82) is 0 Å². The Bertz CT molecular complexity index is 1690. The van der Waals surface area contributed by atoms with Gasteiger partial charge in [-0.15, -0.1) is 23.2 Å². The second kappa shape index (κ2) is 23.5. The van der Waals surface area contributed by atoms with Crippen molar-refractivity contribution in [3.8, 4) is 0 Å². The van der Waals surface area contributed by atoms with E-state index in [2.05, 4.69) is 5.32 Å². The van der Waals surface area contributed by atoms with E-state index in [9.17, 15) is 19.2 Å². The van der Waals surface area contributed by atoms with Crippen LogP contribution in [0.3, 0.4) is 0 Å². The molecule has 0 spiro atoms. The van der Waals surface area contributed by atoms with Crippen LogP contribution in [0.15, 0.2) is 97.1 Å². The summed E-state index contributed by atoms with van der Waals surface area (Å²) in [7, 11) is 2.64. The Morgan fingerprint density at radius 1 is 0.608 bits per heavy atom. The number of alkyl halides is 2. The van der Waals surface area contributed by atoms with Gasteiger partial charge in [0, 0.05) is 33.2 Å². The molecule has 0 heterocycles. The molecule has 15 heteroatoms. The van der Waals surface area contributed by atoms with Crippen LogP contribution in [0.1, 0.15) is 34.3 Å². The lowest BCUT2D eigenvalue weighted by Crippen LogP contribution is -2.39. The third-order valence-corrected chi connectivity index (χ3v) is 8.54. The minimum absolute atomic E-state index is 0.0957. The zero-order chi connectivity index (χ0) is 37.9. The minimum atomic E-state index is -0.927. The number of carbonyl (C=O) groups is 4. The molecule has 0 aliphatic carbocycles. The molecule has 4 aromatic carbocycles. The number of ether oxygens (including phenoxy) is 2. The van der Waals surface area contributed by atoms with Gasteiger partial charge in [-0.25, -0.2) is 9.59 Å². The summed E-state index contributed by atoms with van der Waals surface area (Å²) >= 11 is 38.8. The molecule has 272 valence electrons. The summed E-state index contributed by atoms with van der Waals surface area (Å²) in [6.45, 7) is 0.713. The van der Waals surface area contributed by atoms with Crippen molar-refractivity contribution in [1.82, 2.24) is 10.2 Å². The Kier molecular flexibility index (Phi) is 20.3. The Hall–Kier alpha value is -3.05. The molecule has 0 aliphatic rings. The molecule has 0 aliphatic heterocycles. The van der Waals surface area contributed by atoms with E-state index >= 15 is 0 Å². The van der Waals surface area contributed by atoms with Gasteiger partial charge in [0.1, 0.15) is 11.9 Å². The van der Waals surface area contributed by atoms with Crippen LogP contribution in [0.4, 0.5) is 0 Å². The molecule has 51 heavy (non-hydrogen) atoms. The zero-order valence-electron chi connectivity index (χ0n) is 27.3. The lowest BCUT2D eigenvalue weighted by molar-refractivity contribution is -0.153. The predicted octanol–water partition coefficient (Wildman–Crippen LogP) is 9.46. The van der Waals surface area contributed by atoms with Crippen LogP contribution in [0.25, 0.3) is 0 Å². The van der Waals surface area contributed by atoms with Gasteiger partial charge in [-0.2, -0.15) is 0 Å². The van der Waals surface area contributed by atoms with E-state index in [0.29, 0.717) is 32.2 Å². The molecule has 2 unspecified atom stereocenters. The van der Waals surface area contributed by atoms with Gasteiger partial charge in [0.15, 0.2) is 6.04 Å². The van der Waals surface area contributed by atoms with Crippen LogP contribution in [0.5, 0.6) is 0 Å². The van der Waals surface area contributed by atoms with Crippen molar-refractivity contribution in [2.45, 2.75) is 25.2 Å². The summed E-state index contributed by atoms with van der Waals surface area (Å²) in [6.07, 6.45) is 0. The normalized spacial score (nSPS) is 11.4. The number of carbonyl (C=O) groups excluding carboxylic acids is 4. The number of rotatable bonds is 12. The quantitative estimate of drug-likeness (QED) is 0.0862. The first kappa shape index (κ1) is 44.1. The first-order valence-corrected chi connectivity index (χ1v) is 17.8. The van der Waals surface area contributed by atoms with Crippen molar-refractivity contribution >= 4 is 104 Å². The summed E-state index contributed by atoms with van der Waals surface area (Å²) in [5, 5.41) is 5.09. The summed E-state index contributed by atoms with van der Waals surface area (Å²) in [4.78, 5) is 47.6. The Balaban J connectivity index is 0.000000316. The average molecular weight is 838 g/mol. The van der Waals surface area contributed by atoms with E-state index in [4.69, 9.17) is 90.7 Å². The zero-order valence-corrected chi connectivity index (χ0v) is 32.6. The largest absolute Gasteiger partial charge is 0.468 e. The van der Waals surface area contributed by atoms with Crippen molar-refractivity contribution in [2.75, 3.05) is 26.0 Å². The maximum Gasteiger partial charge on any atom is 0.333 e. The number of benzene rings is 4. The van der Waals surface area contributed by atoms with Gasteiger partial charge in [-0.3, -0.25) is 14.9 Å². The maximum absolute atomic E-state index is 12.4. The fourth-order valence-corrected chi connectivity index (χ4v) is 4.98. The maximum atomic E-state index is 12.4. The van der Waals surface area contributed by atoms with E-state index in [-0.39, 0.29) is 30.2 Å². The summed E-state index contributed by atoms with van der Waals surface area (Å²) in [6, 6.07) is 26.7. The third kappa shape index (κ3) is 15.6. The summed E-state index contributed by atoms with van der Waals surface area (Å²) < 4.78 is 9.75. The second-order valence-corrected chi connectivity index (χ2v) is 13.0. The highest BCUT2D eigenvalue weighted by Crippen LogP contribution is 2.27. The van der Waals surface area contributed by atoms with E-state index in [1.54, 1.807) is 72.8 Å². The van der Waals surface area contributed by atoms with Gasteiger partial charge in [0.25, 0.3) is 0 Å². The molecule has 0 fully saturated rings. The standard InChI is InChI=1S/C18H16Cl3NO3.C16H15Cl2NO2.C2H2Cl2O/c1-25-18(24)17(13-4-8-15(21)9-5-13)22(16(23)10-19)11-12-2-6-14(20)7-3-12;1-21-16(20)15(12-4-8-14(18)9-5-12)19-10-11-2-6-13(17)7-3-11;3-1-2(4)5/h2-9,17H,10-11H2,1H3;2-9,15,19H,10H2,1H3;1H2. The van der Waals surface area contributed by atoms with Gasteiger partial charge in [-0.1, -0.05) is 94.9 Å². The van der Waals surface area contributed by atoms with Gasteiger partial charge in [0.2, 0.25) is 11.1 Å². The van der Waals surface area contributed by atoms with Crippen LogP contribution in [-0.2, 0) is 41.7 Å². The molecule has 4 aromatic rings. The smallest absolute Gasteiger partial charge is 0.333 e. The van der Waals surface area contributed by atoms with Gasteiger partial charge in [0.05, 0.1) is 20.1 Å². The molecule has 2 atom stereocenters. The predicted molar refractivity (Wildman–Crippen MR) is 205 cm³/mol. The summed E-state index contributed by atoms with van der Waals surface area (Å²) in [5.74, 6) is -1.64. The van der Waals surface area contributed by atoms with Gasteiger partial charge in [-0.05, 0) is 82.4 Å². The number of nitrogens with zero attached hydrogens (tertiary/aromatic N) is 1. The van der Waals surface area contributed by atoms with Crippen LogP contribution in [-0.4, -0.2) is 54.0 Å². The van der Waals surface area contributed by atoms with Crippen LogP contribution < -0.4 is 5.32 Å². The second-order valence-electron chi connectivity index (χ2n) is 10.3. The first-order chi connectivity index (χ1) is 24.3. The van der Waals surface area contributed by atoms with Gasteiger partial charge >= 0.3 is 11.9 Å². The lowest BCUT2D eigenvalue weighted by atomic mass is 10.0. The highest BCUT2D eigenvalue weighted by atomic mass is 35.5. The van der Waals surface area contributed by atoms with Crippen molar-refractivity contribution in [3.05, 3.63) is 139 Å². The fraction of sp³-hybridized carbons (Fsp3) is 0.222. The van der Waals surface area contributed by atoms with Crippen LogP contribution in [0.2, 0.25) is 20.1 Å². The van der Waals surface area contributed by atoms with Gasteiger partial charge < -0.3 is 14.4 Å².